The number of sulfone groups is 1. The number of aliphatic hydroxyl groups is 2. The first kappa shape index (κ1) is 13.9. The molecule has 0 aliphatic carbocycles. The topological polar surface area (TPSA) is 74.6 Å². The maximum absolute atomic E-state index is 11.1. The average Bonchev–Trinajstić information content (AvgIpc) is 2.02. The summed E-state index contributed by atoms with van der Waals surface area (Å²) in [7, 11) is -2.95. The Morgan fingerprint density at radius 2 is 1.86 bits per heavy atom. The van der Waals surface area contributed by atoms with Crippen LogP contribution < -0.4 is 0 Å². The van der Waals surface area contributed by atoms with Crippen LogP contribution in [0.2, 0.25) is 0 Å². The van der Waals surface area contributed by atoms with Crippen LogP contribution in [0.1, 0.15) is 33.6 Å². The minimum atomic E-state index is -2.95. The van der Waals surface area contributed by atoms with Crippen molar-refractivity contribution < 1.29 is 18.6 Å². The molecule has 0 heterocycles. The summed E-state index contributed by atoms with van der Waals surface area (Å²) < 4.78 is 22.2. The van der Waals surface area contributed by atoms with E-state index in [1.807, 2.05) is 0 Å². The third-order valence-corrected chi connectivity index (χ3v) is 3.98. The smallest absolute Gasteiger partial charge is 0.150 e. The van der Waals surface area contributed by atoms with Gasteiger partial charge in [0.15, 0.2) is 0 Å². The number of rotatable bonds is 6. The minimum absolute atomic E-state index is 0.0800. The number of hydrogen-bond donors (Lipinski definition) is 2. The summed E-state index contributed by atoms with van der Waals surface area (Å²) in [5, 5.41) is 18.8. The molecule has 14 heavy (non-hydrogen) atoms. The van der Waals surface area contributed by atoms with Crippen LogP contribution >= 0.6 is 0 Å². The first-order valence-electron chi connectivity index (χ1n) is 4.80. The molecule has 0 amide bonds. The zero-order valence-corrected chi connectivity index (χ0v) is 9.84. The Kier molecular flexibility index (Phi) is 5.05. The van der Waals surface area contributed by atoms with E-state index in [9.17, 15) is 18.6 Å². The molecule has 0 rings (SSSR count). The summed E-state index contributed by atoms with van der Waals surface area (Å²) in [6.45, 7) is 4.61. The Balaban J connectivity index is 3.87. The SMILES string of the molecule is CCS(=O)(=O)CCCC(O)C(C)(C)O. The molecule has 2 N–H and O–H groups in total. The zero-order valence-electron chi connectivity index (χ0n) is 9.02. The highest BCUT2D eigenvalue weighted by Gasteiger charge is 2.24. The molecule has 1 atom stereocenters. The standard InChI is InChI=1S/C9H20O4S/c1-4-14(12,13)7-5-6-8(10)9(2,3)11/h8,10-11H,4-7H2,1-3H3. The third-order valence-electron chi connectivity index (χ3n) is 2.19. The van der Waals surface area contributed by atoms with Gasteiger partial charge in [-0.3, -0.25) is 0 Å². The molecule has 0 aliphatic rings. The van der Waals surface area contributed by atoms with Crippen molar-refractivity contribution >= 4 is 9.84 Å². The van der Waals surface area contributed by atoms with Gasteiger partial charge in [-0.2, -0.15) is 0 Å². The van der Waals surface area contributed by atoms with Crippen LogP contribution in [0.15, 0.2) is 0 Å². The van der Waals surface area contributed by atoms with Crippen molar-refractivity contribution in [2.24, 2.45) is 0 Å². The van der Waals surface area contributed by atoms with E-state index in [2.05, 4.69) is 0 Å². The highest BCUT2D eigenvalue weighted by molar-refractivity contribution is 7.91. The number of hydrogen-bond acceptors (Lipinski definition) is 4. The lowest BCUT2D eigenvalue weighted by molar-refractivity contribution is -0.0513. The van der Waals surface area contributed by atoms with Gasteiger partial charge in [0.05, 0.1) is 17.5 Å². The van der Waals surface area contributed by atoms with Crippen molar-refractivity contribution in [2.75, 3.05) is 11.5 Å². The molecule has 0 aliphatic heterocycles. The minimum Gasteiger partial charge on any atom is -0.390 e. The van der Waals surface area contributed by atoms with Crippen LogP contribution in [0.25, 0.3) is 0 Å². The molecule has 0 radical (unpaired) electrons. The van der Waals surface area contributed by atoms with E-state index in [1.165, 1.54) is 13.8 Å². The summed E-state index contributed by atoms with van der Waals surface area (Å²) in [6.07, 6.45) is -0.168. The van der Waals surface area contributed by atoms with Crippen LogP contribution in [0.3, 0.4) is 0 Å². The molecular formula is C9H20O4S. The van der Waals surface area contributed by atoms with Gasteiger partial charge in [-0.25, -0.2) is 8.42 Å². The van der Waals surface area contributed by atoms with Crippen LogP contribution in [-0.4, -0.2) is 41.8 Å². The van der Waals surface area contributed by atoms with Crippen molar-refractivity contribution in [3.63, 3.8) is 0 Å². The van der Waals surface area contributed by atoms with Crippen LogP contribution in [-0.2, 0) is 9.84 Å². The molecule has 1 unspecified atom stereocenters. The molecule has 0 aromatic heterocycles. The van der Waals surface area contributed by atoms with Gasteiger partial charge in [0.1, 0.15) is 9.84 Å². The van der Waals surface area contributed by atoms with Gasteiger partial charge in [-0.05, 0) is 26.7 Å². The van der Waals surface area contributed by atoms with Crippen LogP contribution in [0, 0.1) is 0 Å². The van der Waals surface area contributed by atoms with Gasteiger partial charge in [0.25, 0.3) is 0 Å². The van der Waals surface area contributed by atoms with E-state index in [1.54, 1.807) is 6.92 Å². The van der Waals surface area contributed by atoms with Crippen LogP contribution in [0.5, 0.6) is 0 Å². The highest BCUT2D eigenvalue weighted by Crippen LogP contribution is 2.13. The highest BCUT2D eigenvalue weighted by atomic mass is 32.2. The van der Waals surface area contributed by atoms with Gasteiger partial charge in [-0.15, -0.1) is 0 Å². The van der Waals surface area contributed by atoms with E-state index in [-0.39, 0.29) is 11.5 Å². The Morgan fingerprint density at radius 3 is 2.21 bits per heavy atom. The van der Waals surface area contributed by atoms with E-state index in [0.717, 1.165) is 0 Å². The molecule has 4 nitrogen and oxygen atoms in total. The quantitative estimate of drug-likeness (QED) is 0.682. The normalized spacial score (nSPS) is 15.5. The average molecular weight is 224 g/mol. The fourth-order valence-corrected chi connectivity index (χ4v) is 1.89. The molecular weight excluding hydrogens is 204 g/mol. The Labute approximate surface area is 85.9 Å². The lowest BCUT2D eigenvalue weighted by Gasteiger charge is -2.24. The monoisotopic (exact) mass is 224 g/mol. The first-order chi connectivity index (χ1) is 6.19. The molecule has 0 saturated heterocycles. The van der Waals surface area contributed by atoms with Gasteiger partial charge in [-0.1, -0.05) is 6.92 Å². The summed E-state index contributed by atoms with van der Waals surface area (Å²) in [6, 6.07) is 0. The van der Waals surface area contributed by atoms with Crippen LogP contribution in [0.4, 0.5) is 0 Å². The molecule has 0 spiro atoms. The Morgan fingerprint density at radius 1 is 1.36 bits per heavy atom. The van der Waals surface area contributed by atoms with Gasteiger partial charge >= 0.3 is 0 Å². The van der Waals surface area contributed by atoms with Gasteiger partial charge in [0.2, 0.25) is 0 Å². The lowest BCUT2D eigenvalue weighted by Crippen LogP contribution is -2.36. The summed E-state index contributed by atoms with van der Waals surface area (Å²) in [5.41, 5.74) is -1.16. The molecule has 86 valence electrons. The summed E-state index contributed by atoms with van der Waals surface area (Å²) in [5.74, 6) is 0.211. The maximum Gasteiger partial charge on any atom is 0.150 e. The summed E-state index contributed by atoms with van der Waals surface area (Å²) in [4.78, 5) is 0. The van der Waals surface area contributed by atoms with Crippen molar-refractivity contribution in [1.82, 2.24) is 0 Å². The van der Waals surface area contributed by atoms with Crippen molar-refractivity contribution in [1.29, 1.82) is 0 Å². The molecule has 0 saturated carbocycles. The van der Waals surface area contributed by atoms with E-state index in [0.29, 0.717) is 12.8 Å². The summed E-state index contributed by atoms with van der Waals surface area (Å²) >= 11 is 0. The molecule has 0 aromatic carbocycles. The van der Waals surface area contributed by atoms with E-state index < -0.39 is 21.5 Å². The number of aliphatic hydroxyl groups excluding tert-OH is 1. The third kappa shape index (κ3) is 5.57. The largest absolute Gasteiger partial charge is 0.390 e. The zero-order chi connectivity index (χ0) is 11.4. The maximum atomic E-state index is 11.1. The second-order valence-electron chi connectivity index (χ2n) is 4.05. The molecule has 0 aromatic rings. The Hall–Kier alpha value is -0.130. The van der Waals surface area contributed by atoms with Gasteiger partial charge < -0.3 is 10.2 Å². The van der Waals surface area contributed by atoms with Gasteiger partial charge in [0, 0.05) is 5.75 Å². The Bertz CT molecular complexity index is 250. The van der Waals surface area contributed by atoms with E-state index in [4.69, 9.17) is 0 Å². The second kappa shape index (κ2) is 5.09. The lowest BCUT2D eigenvalue weighted by atomic mass is 9.98. The fraction of sp³-hybridized carbons (Fsp3) is 1.00. The second-order valence-corrected chi connectivity index (χ2v) is 6.52. The molecule has 0 bridgehead atoms. The predicted octanol–water partition coefficient (Wildman–Crippen LogP) is 0.333. The predicted molar refractivity (Wildman–Crippen MR) is 55.9 cm³/mol. The molecule has 0 fully saturated rings. The van der Waals surface area contributed by atoms with E-state index >= 15 is 0 Å². The fourth-order valence-electron chi connectivity index (χ4n) is 0.994. The van der Waals surface area contributed by atoms with Crippen molar-refractivity contribution in [3.8, 4) is 0 Å². The van der Waals surface area contributed by atoms with Crippen molar-refractivity contribution in [3.05, 3.63) is 0 Å². The van der Waals surface area contributed by atoms with Crippen molar-refractivity contribution in [2.45, 2.75) is 45.3 Å². The first-order valence-corrected chi connectivity index (χ1v) is 6.62. The molecule has 5 heteroatoms.